The molecule has 7 nitrogen and oxygen atoms in total. The van der Waals surface area contributed by atoms with Crippen molar-refractivity contribution in [3.05, 3.63) is 53.1 Å². The zero-order chi connectivity index (χ0) is 24.0. The number of nitrogens with zero attached hydrogens (tertiary/aromatic N) is 2. The molecule has 0 saturated carbocycles. The molecule has 1 saturated heterocycles. The van der Waals surface area contributed by atoms with Crippen LogP contribution in [-0.2, 0) is 4.79 Å². The number of halogens is 1. The topological polar surface area (TPSA) is 73.9 Å². The fourth-order valence-electron chi connectivity index (χ4n) is 3.56. The van der Waals surface area contributed by atoms with Gasteiger partial charge in [-0.2, -0.15) is 0 Å². The second kappa shape index (κ2) is 11.3. The summed E-state index contributed by atoms with van der Waals surface area (Å²) >= 11 is 11.8. The molecule has 2 amide bonds. The smallest absolute Gasteiger partial charge is 0.257 e. The summed E-state index contributed by atoms with van der Waals surface area (Å²) in [6.07, 6.45) is 0.588. The number of ether oxygens (including phenoxy) is 1. The van der Waals surface area contributed by atoms with Crippen molar-refractivity contribution in [1.29, 1.82) is 0 Å². The number of rotatable bonds is 6. The first-order valence-corrected chi connectivity index (χ1v) is 11.8. The van der Waals surface area contributed by atoms with E-state index in [0.29, 0.717) is 41.5 Å². The number of carbonyl (C=O) groups excluding carboxylic acids is 2. The Morgan fingerprint density at radius 3 is 2.33 bits per heavy atom. The fourth-order valence-corrected chi connectivity index (χ4v) is 4.07. The average molecular weight is 489 g/mol. The first-order chi connectivity index (χ1) is 15.8. The second-order valence-electron chi connectivity index (χ2n) is 7.99. The highest BCUT2D eigenvalue weighted by molar-refractivity contribution is 7.80. The van der Waals surface area contributed by atoms with Crippen LogP contribution >= 0.6 is 23.8 Å². The number of nitrogens with one attached hydrogen (secondary N) is 2. The van der Waals surface area contributed by atoms with E-state index in [1.165, 1.54) is 0 Å². The number of anilines is 2. The van der Waals surface area contributed by atoms with Gasteiger partial charge in [0.2, 0.25) is 5.91 Å². The molecule has 2 N–H and O–H groups in total. The highest BCUT2D eigenvalue weighted by Crippen LogP contribution is 2.29. The maximum Gasteiger partial charge on any atom is 0.257 e. The number of benzene rings is 2. The standard InChI is InChI=1S/C24H29ClN4O3S/c1-4-22(30)29-13-11-28(12-14-29)21-10-7-18(15-20(21)25)26-24(33)27-23(31)17-5-8-19(9-6-17)32-16(2)3/h5-10,15-16H,4,11-14H2,1-3H3,(H2,26,27,31,33). The Morgan fingerprint density at radius 2 is 1.76 bits per heavy atom. The Hall–Kier alpha value is -2.84. The molecule has 0 radical (unpaired) electrons. The first kappa shape index (κ1) is 24.8. The van der Waals surface area contributed by atoms with Crippen LogP contribution in [0.3, 0.4) is 0 Å². The van der Waals surface area contributed by atoms with E-state index in [1.54, 1.807) is 30.3 Å². The van der Waals surface area contributed by atoms with Gasteiger partial charge in [-0.15, -0.1) is 0 Å². The van der Waals surface area contributed by atoms with Crippen LogP contribution in [0.4, 0.5) is 11.4 Å². The van der Waals surface area contributed by atoms with Gasteiger partial charge < -0.3 is 19.9 Å². The molecule has 1 aliphatic rings. The molecule has 1 heterocycles. The van der Waals surface area contributed by atoms with Crippen LogP contribution < -0.4 is 20.3 Å². The minimum absolute atomic E-state index is 0.0644. The van der Waals surface area contributed by atoms with Crippen LogP contribution in [-0.4, -0.2) is 54.1 Å². The van der Waals surface area contributed by atoms with Gasteiger partial charge in [-0.3, -0.25) is 14.9 Å². The van der Waals surface area contributed by atoms with E-state index in [1.807, 2.05) is 37.8 Å². The summed E-state index contributed by atoms with van der Waals surface area (Å²) in [6, 6.07) is 12.4. The molecular weight excluding hydrogens is 460 g/mol. The largest absolute Gasteiger partial charge is 0.491 e. The maximum atomic E-state index is 12.5. The average Bonchev–Trinajstić information content (AvgIpc) is 2.79. The zero-order valence-corrected chi connectivity index (χ0v) is 20.6. The van der Waals surface area contributed by atoms with Crippen molar-refractivity contribution in [3.63, 3.8) is 0 Å². The fraction of sp³-hybridized carbons (Fsp3) is 0.375. The second-order valence-corrected chi connectivity index (χ2v) is 8.80. The SMILES string of the molecule is CCC(=O)N1CCN(c2ccc(NC(=S)NC(=O)c3ccc(OC(C)C)cc3)cc2Cl)CC1. The van der Waals surface area contributed by atoms with E-state index in [-0.39, 0.29) is 23.0 Å². The summed E-state index contributed by atoms with van der Waals surface area (Å²) in [5.74, 6) is 0.567. The number of carbonyl (C=O) groups is 2. The molecular formula is C24H29ClN4O3S. The summed E-state index contributed by atoms with van der Waals surface area (Å²) in [5, 5.41) is 6.43. The summed E-state index contributed by atoms with van der Waals surface area (Å²) in [6.45, 7) is 8.59. The molecule has 1 fully saturated rings. The summed E-state index contributed by atoms with van der Waals surface area (Å²) in [5.41, 5.74) is 2.06. The summed E-state index contributed by atoms with van der Waals surface area (Å²) in [4.78, 5) is 28.4. The third-order valence-corrected chi connectivity index (χ3v) is 5.70. The normalized spacial score (nSPS) is 13.6. The minimum atomic E-state index is -0.314. The van der Waals surface area contributed by atoms with Crippen LogP contribution in [0.2, 0.25) is 5.02 Å². The third kappa shape index (κ3) is 6.82. The van der Waals surface area contributed by atoms with E-state index in [4.69, 9.17) is 28.6 Å². The van der Waals surface area contributed by atoms with Gasteiger partial charge in [0.15, 0.2) is 5.11 Å². The lowest BCUT2D eigenvalue weighted by Crippen LogP contribution is -2.48. The predicted molar refractivity (Wildman–Crippen MR) is 136 cm³/mol. The number of amides is 2. The van der Waals surface area contributed by atoms with Gasteiger partial charge >= 0.3 is 0 Å². The van der Waals surface area contributed by atoms with Crippen molar-refractivity contribution in [2.24, 2.45) is 0 Å². The molecule has 0 bridgehead atoms. The Morgan fingerprint density at radius 1 is 1.09 bits per heavy atom. The van der Waals surface area contributed by atoms with Crippen molar-refractivity contribution in [3.8, 4) is 5.75 Å². The molecule has 33 heavy (non-hydrogen) atoms. The Kier molecular flexibility index (Phi) is 8.52. The molecule has 176 valence electrons. The highest BCUT2D eigenvalue weighted by atomic mass is 35.5. The quantitative estimate of drug-likeness (QED) is 0.590. The van der Waals surface area contributed by atoms with Gasteiger partial charge in [0.25, 0.3) is 5.91 Å². The monoisotopic (exact) mass is 488 g/mol. The Labute approximate surface area is 205 Å². The van der Waals surface area contributed by atoms with Gasteiger partial charge in [0, 0.05) is 43.9 Å². The number of piperazine rings is 1. The van der Waals surface area contributed by atoms with Crippen molar-refractivity contribution in [2.45, 2.75) is 33.3 Å². The van der Waals surface area contributed by atoms with E-state index >= 15 is 0 Å². The van der Waals surface area contributed by atoms with Crippen LogP contribution in [0, 0.1) is 0 Å². The number of hydrogen-bond acceptors (Lipinski definition) is 5. The van der Waals surface area contributed by atoms with Crippen LogP contribution in [0.25, 0.3) is 0 Å². The first-order valence-electron chi connectivity index (χ1n) is 11.0. The molecule has 0 spiro atoms. The van der Waals surface area contributed by atoms with Crippen LogP contribution in [0.15, 0.2) is 42.5 Å². The summed E-state index contributed by atoms with van der Waals surface area (Å²) in [7, 11) is 0. The summed E-state index contributed by atoms with van der Waals surface area (Å²) < 4.78 is 5.59. The molecule has 0 unspecified atom stereocenters. The van der Waals surface area contributed by atoms with E-state index in [9.17, 15) is 9.59 Å². The molecule has 1 aliphatic heterocycles. The van der Waals surface area contributed by atoms with Crippen LogP contribution in [0.5, 0.6) is 5.75 Å². The van der Waals surface area contributed by atoms with Crippen molar-refractivity contribution < 1.29 is 14.3 Å². The molecule has 0 atom stereocenters. The van der Waals surface area contributed by atoms with Gasteiger partial charge in [-0.25, -0.2) is 0 Å². The van der Waals surface area contributed by atoms with Gasteiger partial charge in [-0.1, -0.05) is 18.5 Å². The number of hydrogen-bond donors (Lipinski definition) is 2. The molecule has 0 aromatic heterocycles. The molecule has 0 aliphatic carbocycles. The molecule has 2 aromatic rings. The Balaban J connectivity index is 1.54. The minimum Gasteiger partial charge on any atom is -0.491 e. The van der Waals surface area contributed by atoms with E-state index in [2.05, 4.69) is 15.5 Å². The highest BCUT2D eigenvalue weighted by Gasteiger charge is 2.21. The predicted octanol–water partition coefficient (Wildman–Crippen LogP) is 4.31. The maximum absolute atomic E-state index is 12.5. The Bertz CT molecular complexity index is 1010. The van der Waals surface area contributed by atoms with E-state index < -0.39 is 0 Å². The number of thiocarbonyl (C=S) groups is 1. The molecule has 9 heteroatoms. The van der Waals surface area contributed by atoms with Gasteiger partial charge in [0.1, 0.15) is 5.75 Å². The van der Waals surface area contributed by atoms with Crippen molar-refractivity contribution in [1.82, 2.24) is 10.2 Å². The lowest BCUT2D eigenvalue weighted by Gasteiger charge is -2.36. The van der Waals surface area contributed by atoms with Crippen molar-refractivity contribution >= 4 is 52.1 Å². The van der Waals surface area contributed by atoms with Crippen molar-refractivity contribution in [2.75, 3.05) is 36.4 Å². The lowest BCUT2D eigenvalue weighted by atomic mass is 10.2. The van der Waals surface area contributed by atoms with Gasteiger partial charge in [-0.05, 0) is 68.5 Å². The lowest BCUT2D eigenvalue weighted by molar-refractivity contribution is -0.131. The van der Waals surface area contributed by atoms with E-state index in [0.717, 1.165) is 18.8 Å². The zero-order valence-electron chi connectivity index (χ0n) is 19.1. The van der Waals surface area contributed by atoms with Crippen LogP contribution in [0.1, 0.15) is 37.6 Å². The molecule has 3 rings (SSSR count). The van der Waals surface area contributed by atoms with Gasteiger partial charge in [0.05, 0.1) is 16.8 Å². The molecule has 2 aromatic carbocycles. The third-order valence-electron chi connectivity index (χ3n) is 5.20.